The van der Waals surface area contributed by atoms with Crippen LogP contribution in [0.3, 0.4) is 0 Å². The molecule has 0 rings (SSSR count). The summed E-state index contributed by atoms with van der Waals surface area (Å²) >= 11 is 5.62. The molecule has 0 heterocycles. The van der Waals surface area contributed by atoms with E-state index >= 15 is 0 Å². The van der Waals surface area contributed by atoms with Crippen molar-refractivity contribution in [3.05, 3.63) is 22.9 Å². The molecular formula is C8H10ClNO2. The predicted octanol–water partition coefficient (Wildman–Crippen LogP) is 1.89. The Bertz CT molecular complexity index is 243. The van der Waals surface area contributed by atoms with Crippen LogP contribution in [0.2, 0.25) is 0 Å². The van der Waals surface area contributed by atoms with Crippen LogP contribution in [0.1, 0.15) is 6.92 Å². The topological polar surface area (TPSA) is 38.7 Å². The normalized spacial score (nSPS) is 12.6. The number of halogens is 1. The Balaban J connectivity index is 4.45. The molecule has 0 saturated heterocycles. The second-order valence-electron chi connectivity index (χ2n) is 2.02. The monoisotopic (exact) mass is 187 g/mol. The summed E-state index contributed by atoms with van der Waals surface area (Å²) in [5.41, 5.74) is 0.419. The van der Waals surface area contributed by atoms with Gasteiger partial charge in [0.05, 0.1) is 12.1 Å². The molecular weight excluding hydrogens is 178 g/mol. The Hall–Kier alpha value is -1.09. The molecule has 0 aromatic carbocycles. The highest BCUT2D eigenvalue weighted by Crippen LogP contribution is 2.07. The summed E-state index contributed by atoms with van der Waals surface area (Å²) in [5.74, 6) is -0.411. The molecule has 0 amide bonds. The number of carbonyl (C=O) groups excluding carboxylic acids is 1. The number of esters is 1. The highest BCUT2D eigenvalue weighted by atomic mass is 35.5. The van der Waals surface area contributed by atoms with Crippen LogP contribution in [0.15, 0.2) is 27.9 Å². The van der Waals surface area contributed by atoms with E-state index in [1.165, 1.54) is 19.4 Å². The number of aliphatic imine (C=N–C) groups is 1. The first-order valence-corrected chi connectivity index (χ1v) is 3.57. The maximum absolute atomic E-state index is 10.8. The third kappa shape index (κ3) is 3.93. The predicted molar refractivity (Wildman–Crippen MR) is 49.3 cm³/mol. The summed E-state index contributed by atoms with van der Waals surface area (Å²) in [5, 5.41) is 0.341. The molecule has 4 heteroatoms. The molecule has 0 bridgehead atoms. The zero-order valence-electron chi connectivity index (χ0n) is 7.00. The van der Waals surface area contributed by atoms with Crippen LogP contribution in [-0.4, -0.2) is 19.8 Å². The molecule has 0 aliphatic rings. The summed E-state index contributed by atoms with van der Waals surface area (Å²) in [6.07, 6.45) is 2.80. The van der Waals surface area contributed by atoms with Crippen molar-refractivity contribution in [2.24, 2.45) is 4.99 Å². The number of allylic oxidation sites excluding steroid dienone is 2. The van der Waals surface area contributed by atoms with Gasteiger partial charge < -0.3 is 4.74 Å². The highest BCUT2D eigenvalue weighted by molar-refractivity contribution is 6.31. The summed E-state index contributed by atoms with van der Waals surface area (Å²) in [6.45, 7) is 4.82. The minimum Gasteiger partial charge on any atom is -0.466 e. The fourth-order valence-electron chi connectivity index (χ4n) is 0.551. The summed E-state index contributed by atoms with van der Waals surface area (Å²) in [6, 6.07) is 0. The Morgan fingerprint density at radius 2 is 2.25 bits per heavy atom. The molecule has 12 heavy (non-hydrogen) atoms. The molecule has 0 N–H and O–H groups in total. The number of carbonyl (C=O) groups is 1. The van der Waals surface area contributed by atoms with Crippen molar-refractivity contribution >= 4 is 24.3 Å². The van der Waals surface area contributed by atoms with Crippen LogP contribution >= 0.6 is 11.6 Å². The second kappa shape index (κ2) is 5.55. The number of hydrogen-bond donors (Lipinski definition) is 0. The number of ether oxygens (including phenoxy) is 1. The van der Waals surface area contributed by atoms with Gasteiger partial charge in [-0.15, -0.1) is 0 Å². The van der Waals surface area contributed by atoms with Gasteiger partial charge in [0.15, 0.2) is 0 Å². The van der Waals surface area contributed by atoms with Gasteiger partial charge in [-0.25, -0.2) is 4.79 Å². The third-order valence-electron chi connectivity index (χ3n) is 1.08. The number of rotatable bonds is 3. The molecule has 3 nitrogen and oxygen atoms in total. The first-order chi connectivity index (χ1) is 5.61. The average Bonchev–Trinajstić information content (AvgIpc) is 2.03. The van der Waals surface area contributed by atoms with E-state index in [0.29, 0.717) is 10.6 Å². The van der Waals surface area contributed by atoms with Gasteiger partial charge in [0, 0.05) is 11.8 Å². The third-order valence-corrected chi connectivity index (χ3v) is 1.28. The Morgan fingerprint density at radius 3 is 2.67 bits per heavy atom. The fourth-order valence-corrected chi connectivity index (χ4v) is 0.784. The van der Waals surface area contributed by atoms with Crippen molar-refractivity contribution in [2.45, 2.75) is 6.92 Å². The van der Waals surface area contributed by atoms with Crippen molar-refractivity contribution in [3.63, 3.8) is 0 Å². The summed E-state index contributed by atoms with van der Waals surface area (Å²) in [7, 11) is 1.31. The lowest BCUT2D eigenvalue weighted by atomic mass is 10.3. The SMILES string of the molecule is C=N/C=C(Cl)\C=C(/C)C(=O)OC. The van der Waals surface area contributed by atoms with Crippen LogP contribution in [0.25, 0.3) is 0 Å². The smallest absolute Gasteiger partial charge is 0.333 e. The molecule has 0 atom stereocenters. The van der Waals surface area contributed by atoms with E-state index in [4.69, 9.17) is 11.6 Å². The lowest BCUT2D eigenvalue weighted by molar-refractivity contribution is -0.136. The van der Waals surface area contributed by atoms with Gasteiger partial charge >= 0.3 is 5.97 Å². The Labute approximate surface area is 76.4 Å². The first kappa shape index (κ1) is 10.9. The second-order valence-corrected chi connectivity index (χ2v) is 2.45. The molecule has 0 spiro atoms. The van der Waals surface area contributed by atoms with Crippen molar-refractivity contribution in [3.8, 4) is 0 Å². The van der Waals surface area contributed by atoms with Gasteiger partial charge in [-0.1, -0.05) is 11.6 Å². The Morgan fingerprint density at radius 1 is 1.67 bits per heavy atom. The lowest BCUT2D eigenvalue weighted by Crippen LogP contribution is -2.01. The van der Waals surface area contributed by atoms with Crippen LogP contribution in [0, 0.1) is 0 Å². The molecule has 0 aliphatic carbocycles. The molecule has 0 aliphatic heterocycles. The van der Waals surface area contributed by atoms with Gasteiger partial charge in [-0.2, -0.15) is 0 Å². The maximum Gasteiger partial charge on any atom is 0.333 e. The van der Waals surface area contributed by atoms with Crippen molar-refractivity contribution in [1.29, 1.82) is 0 Å². The summed E-state index contributed by atoms with van der Waals surface area (Å²) < 4.78 is 4.45. The van der Waals surface area contributed by atoms with E-state index in [1.807, 2.05) is 0 Å². The zero-order valence-corrected chi connectivity index (χ0v) is 7.76. The van der Waals surface area contributed by atoms with Crippen molar-refractivity contribution < 1.29 is 9.53 Å². The first-order valence-electron chi connectivity index (χ1n) is 3.20. The lowest BCUT2D eigenvalue weighted by Gasteiger charge is -1.96. The standard InChI is InChI=1S/C8H10ClNO2/c1-6(8(11)12-3)4-7(9)5-10-2/h4-5H,2H2,1,3H3/b6-4+,7-5+. The number of methoxy groups -OCH3 is 1. The molecule has 0 unspecified atom stereocenters. The highest BCUT2D eigenvalue weighted by Gasteiger charge is 2.02. The van der Waals surface area contributed by atoms with E-state index in [9.17, 15) is 4.79 Å². The van der Waals surface area contributed by atoms with E-state index in [1.54, 1.807) is 6.92 Å². The van der Waals surface area contributed by atoms with E-state index in [2.05, 4.69) is 16.4 Å². The van der Waals surface area contributed by atoms with Gasteiger partial charge in [0.25, 0.3) is 0 Å². The van der Waals surface area contributed by atoms with Gasteiger partial charge in [0.1, 0.15) is 0 Å². The van der Waals surface area contributed by atoms with Crippen LogP contribution in [0.5, 0.6) is 0 Å². The number of nitrogens with zero attached hydrogens (tertiary/aromatic N) is 1. The van der Waals surface area contributed by atoms with Crippen molar-refractivity contribution in [1.82, 2.24) is 0 Å². The van der Waals surface area contributed by atoms with E-state index < -0.39 is 5.97 Å². The number of hydrogen-bond acceptors (Lipinski definition) is 3. The minimum absolute atomic E-state index is 0.341. The molecule has 66 valence electrons. The van der Waals surface area contributed by atoms with E-state index in [0.717, 1.165) is 0 Å². The van der Waals surface area contributed by atoms with Gasteiger partial charge in [0.2, 0.25) is 0 Å². The minimum atomic E-state index is -0.411. The van der Waals surface area contributed by atoms with Crippen LogP contribution in [0.4, 0.5) is 0 Å². The molecule has 0 aromatic heterocycles. The van der Waals surface area contributed by atoms with Gasteiger partial charge in [-0.05, 0) is 19.7 Å². The Kier molecular flexibility index (Phi) is 5.04. The zero-order chi connectivity index (χ0) is 9.56. The van der Waals surface area contributed by atoms with E-state index in [-0.39, 0.29) is 0 Å². The fraction of sp³-hybridized carbons (Fsp3) is 0.250. The van der Waals surface area contributed by atoms with Crippen LogP contribution in [-0.2, 0) is 9.53 Å². The quantitative estimate of drug-likeness (QED) is 0.293. The molecule has 0 saturated carbocycles. The molecule has 0 radical (unpaired) electrons. The average molecular weight is 188 g/mol. The maximum atomic E-state index is 10.8. The van der Waals surface area contributed by atoms with Crippen LogP contribution < -0.4 is 0 Å². The summed E-state index contributed by atoms with van der Waals surface area (Å²) in [4.78, 5) is 14.3. The van der Waals surface area contributed by atoms with Gasteiger partial charge in [-0.3, -0.25) is 4.99 Å². The van der Waals surface area contributed by atoms with Crippen molar-refractivity contribution in [2.75, 3.05) is 7.11 Å². The largest absolute Gasteiger partial charge is 0.466 e. The molecule has 0 fully saturated rings. The molecule has 0 aromatic rings.